The van der Waals surface area contributed by atoms with Crippen molar-refractivity contribution in [3.63, 3.8) is 0 Å². The molecule has 0 bridgehead atoms. The van der Waals surface area contributed by atoms with E-state index in [0.717, 1.165) is 39.3 Å². The van der Waals surface area contributed by atoms with Gasteiger partial charge in [-0.2, -0.15) is 11.8 Å². The van der Waals surface area contributed by atoms with Crippen LogP contribution in [0.3, 0.4) is 0 Å². The molecule has 1 N–H and O–H groups in total. The molecule has 0 unspecified atom stereocenters. The summed E-state index contributed by atoms with van der Waals surface area (Å²) in [7, 11) is 1.72. The molecule has 4 nitrogen and oxygen atoms in total. The maximum atomic E-state index is 5.47. The molecule has 0 aromatic carbocycles. The summed E-state index contributed by atoms with van der Waals surface area (Å²) >= 11 is 2.06. The van der Waals surface area contributed by atoms with E-state index in [0.29, 0.717) is 0 Å². The van der Waals surface area contributed by atoms with Crippen molar-refractivity contribution in [2.24, 2.45) is 0 Å². The van der Waals surface area contributed by atoms with Gasteiger partial charge in [0.15, 0.2) is 0 Å². The maximum Gasteiger partial charge on any atom is 0.0590 e. The van der Waals surface area contributed by atoms with Gasteiger partial charge in [0.2, 0.25) is 0 Å². The number of hydrogen-bond acceptors (Lipinski definition) is 5. The number of ether oxygens (including phenoxy) is 2. The average molecular weight is 262 g/mol. The Morgan fingerprint density at radius 3 is 2.71 bits per heavy atom. The summed E-state index contributed by atoms with van der Waals surface area (Å²) in [6, 6.07) is 0. The van der Waals surface area contributed by atoms with E-state index >= 15 is 0 Å². The van der Waals surface area contributed by atoms with Crippen LogP contribution >= 0.6 is 11.8 Å². The standard InChI is InChI=1S/C12H26N2O2S/c1-15-8-2-9-16-10-4-13-3-5-14-6-11-17-12-7-14/h13H,2-12H2,1H3. The van der Waals surface area contributed by atoms with Crippen molar-refractivity contribution in [2.75, 3.05) is 71.2 Å². The van der Waals surface area contributed by atoms with Crippen molar-refractivity contribution in [1.29, 1.82) is 0 Å². The number of rotatable bonds is 10. The molecule has 5 heteroatoms. The van der Waals surface area contributed by atoms with Gasteiger partial charge in [-0.15, -0.1) is 0 Å². The Bertz CT molecular complexity index is 167. The van der Waals surface area contributed by atoms with E-state index in [-0.39, 0.29) is 0 Å². The Kier molecular flexibility index (Phi) is 10.1. The zero-order valence-corrected chi connectivity index (χ0v) is 11.8. The highest BCUT2D eigenvalue weighted by molar-refractivity contribution is 7.99. The lowest BCUT2D eigenvalue weighted by atomic mass is 10.4. The Hall–Kier alpha value is 0.190. The molecule has 0 saturated carbocycles. The van der Waals surface area contributed by atoms with Crippen LogP contribution in [0.4, 0.5) is 0 Å². The predicted octanol–water partition coefficient (Wildman–Crippen LogP) is 0.678. The van der Waals surface area contributed by atoms with E-state index in [1.165, 1.54) is 31.1 Å². The third kappa shape index (κ3) is 8.85. The molecule has 0 radical (unpaired) electrons. The Morgan fingerprint density at radius 2 is 1.94 bits per heavy atom. The van der Waals surface area contributed by atoms with Gasteiger partial charge in [-0.1, -0.05) is 0 Å². The summed E-state index contributed by atoms with van der Waals surface area (Å²) in [5.74, 6) is 2.59. The second kappa shape index (κ2) is 11.3. The second-order valence-corrected chi connectivity index (χ2v) is 5.39. The zero-order valence-electron chi connectivity index (χ0n) is 11.0. The van der Waals surface area contributed by atoms with Crippen LogP contribution in [0.15, 0.2) is 0 Å². The van der Waals surface area contributed by atoms with Crippen LogP contribution in [-0.2, 0) is 9.47 Å². The van der Waals surface area contributed by atoms with E-state index in [4.69, 9.17) is 9.47 Å². The minimum Gasteiger partial charge on any atom is -0.385 e. The van der Waals surface area contributed by atoms with E-state index < -0.39 is 0 Å². The molecule has 1 aliphatic heterocycles. The Balaban J connectivity index is 1.75. The van der Waals surface area contributed by atoms with E-state index in [1.54, 1.807) is 7.11 Å². The summed E-state index contributed by atoms with van der Waals surface area (Å²) in [5.41, 5.74) is 0. The molecule has 1 saturated heterocycles. The van der Waals surface area contributed by atoms with Gasteiger partial charge in [0.1, 0.15) is 0 Å². The van der Waals surface area contributed by atoms with Crippen molar-refractivity contribution >= 4 is 11.8 Å². The third-order valence-corrected chi connectivity index (χ3v) is 3.71. The van der Waals surface area contributed by atoms with Gasteiger partial charge in [0.25, 0.3) is 0 Å². The lowest BCUT2D eigenvalue weighted by molar-refractivity contribution is 0.104. The smallest absolute Gasteiger partial charge is 0.0590 e. The lowest BCUT2D eigenvalue weighted by Crippen LogP contribution is -2.38. The summed E-state index contributed by atoms with van der Waals surface area (Å²) < 4.78 is 10.4. The molecule has 1 heterocycles. The summed E-state index contributed by atoms with van der Waals surface area (Å²) in [6.07, 6.45) is 0.988. The number of thioether (sulfide) groups is 1. The number of nitrogens with one attached hydrogen (secondary N) is 1. The topological polar surface area (TPSA) is 33.7 Å². The highest BCUT2D eigenvalue weighted by Gasteiger charge is 2.08. The molecule has 0 atom stereocenters. The Morgan fingerprint density at radius 1 is 1.12 bits per heavy atom. The minimum absolute atomic E-state index is 0.792. The fraction of sp³-hybridized carbons (Fsp3) is 1.00. The summed E-state index contributed by atoms with van der Waals surface area (Å²) in [6.45, 7) is 8.10. The van der Waals surface area contributed by atoms with Gasteiger partial charge in [-0.05, 0) is 6.42 Å². The van der Waals surface area contributed by atoms with Gasteiger partial charge < -0.3 is 19.7 Å². The van der Waals surface area contributed by atoms with Crippen molar-refractivity contribution < 1.29 is 9.47 Å². The monoisotopic (exact) mass is 262 g/mol. The number of nitrogens with zero attached hydrogens (tertiary/aromatic N) is 1. The quantitative estimate of drug-likeness (QED) is 0.586. The Labute approximate surface area is 109 Å². The van der Waals surface area contributed by atoms with Crippen LogP contribution in [0.5, 0.6) is 0 Å². The average Bonchev–Trinajstić information content (AvgIpc) is 2.38. The van der Waals surface area contributed by atoms with Crippen LogP contribution in [-0.4, -0.2) is 76.1 Å². The van der Waals surface area contributed by atoms with Crippen LogP contribution in [0.1, 0.15) is 6.42 Å². The fourth-order valence-corrected chi connectivity index (χ4v) is 2.72. The fourth-order valence-electron chi connectivity index (χ4n) is 1.74. The van der Waals surface area contributed by atoms with E-state index in [2.05, 4.69) is 22.0 Å². The summed E-state index contributed by atoms with van der Waals surface area (Å²) in [4.78, 5) is 2.53. The normalized spacial score (nSPS) is 17.5. The van der Waals surface area contributed by atoms with E-state index in [9.17, 15) is 0 Å². The molecule has 0 aromatic heterocycles. The molecule has 17 heavy (non-hydrogen) atoms. The van der Waals surface area contributed by atoms with Crippen molar-refractivity contribution in [3.05, 3.63) is 0 Å². The van der Waals surface area contributed by atoms with Gasteiger partial charge in [-0.25, -0.2) is 0 Å². The van der Waals surface area contributed by atoms with Crippen LogP contribution < -0.4 is 5.32 Å². The molecule has 0 aliphatic carbocycles. The highest BCUT2D eigenvalue weighted by Crippen LogP contribution is 2.07. The first-order valence-electron chi connectivity index (χ1n) is 6.51. The second-order valence-electron chi connectivity index (χ2n) is 4.16. The van der Waals surface area contributed by atoms with Crippen molar-refractivity contribution in [3.8, 4) is 0 Å². The number of hydrogen-bond donors (Lipinski definition) is 1. The van der Waals surface area contributed by atoms with Crippen LogP contribution in [0, 0.1) is 0 Å². The van der Waals surface area contributed by atoms with Crippen molar-refractivity contribution in [2.45, 2.75) is 6.42 Å². The molecular formula is C12H26N2O2S. The lowest BCUT2D eigenvalue weighted by Gasteiger charge is -2.26. The predicted molar refractivity (Wildman–Crippen MR) is 73.9 cm³/mol. The van der Waals surface area contributed by atoms with Gasteiger partial charge >= 0.3 is 0 Å². The first-order chi connectivity index (χ1) is 8.43. The van der Waals surface area contributed by atoms with Gasteiger partial charge in [0.05, 0.1) is 6.61 Å². The molecular weight excluding hydrogens is 236 g/mol. The molecule has 102 valence electrons. The summed E-state index contributed by atoms with van der Waals surface area (Å²) in [5, 5.41) is 3.42. The molecule has 0 spiro atoms. The molecule has 1 fully saturated rings. The van der Waals surface area contributed by atoms with Crippen molar-refractivity contribution in [1.82, 2.24) is 10.2 Å². The molecule has 0 amide bonds. The first-order valence-corrected chi connectivity index (χ1v) is 7.66. The SMILES string of the molecule is COCCCOCCNCCN1CCSCC1. The van der Waals surface area contributed by atoms with Crippen LogP contribution in [0.25, 0.3) is 0 Å². The van der Waals surface area contributed by atoms with Gasteiger partial charge in [-0.3, -0.25) is 0 Å². The van der Waals surface area contributed by atoms with Crippen LogP contribution in [0.2, 0.25) is 0 Å². The molecule has 1 aliphatic rings. The highest BCUT2D eigenvalue weighted by atomic mass is 32.2. The van der Waals surface area contributed by atoms with Gasteiger partial charge in [0, 0.05) is 64.6 Å². The minimum atomic E-state index is 0.792. The molecule has 0 aromatic rings. The molecule has 1 rings (SSSR count). The first kappa shape index (κ1) is 15.2. The maximum absolute atomic E-state index is 5.47. The largest absolute Gasteiger partial charge is 0.385 e. The number of methoxy groups -OCH3 is 1. The third-order valence-electron chi connectivity index (χ3n) is 2.77. The zero-order chi connectivity index (χ0) is 12.2. The van der Waals surface area contributed by atoms with E-state index in [1.807, 2.05) is 0 Å².